The van der Waals surface area contributed by atoms with Crippen molar-refractivity contribution in [1.82, 2.24) is 0 Å². The lowest BCUT2D eigenvalue weighted by molar-refractivity contribution is -0.140. The molecule has 0 fully saturated rings. The summed E-state index contributed by atoms with van der Waals surface area (Å²) in [5, 5.41) is 3.67. The second kappa shape index (κ2) is 5.75. The predicted molar refractivity (Wildman–Crippen MR) is 82.2 cm³/mol. The normalized spacial score (nSPS) is 21.6. The maximum atomic E-state index is 12.6. The van der Waals surface area contributed by atoms with E-state index < -0.39 is 5.97 Å². The van der Waals surface area contributed by atoms with Crippen molar-refractivity contribution in [3.63, 3.8) is 0 Å². The Morgan fingerprint density at radius 2 is 2.23 bits per heavy atom. The van der Waals surface area contributed by atoms with E-state index in [0.29, 0.717) is 30.3 Å². The van der Waals surface area contributed by atoms with Gasteiger partial charge in [-0.15, -0.1) is 0 Å². The van der Waals surface area contributed by atoms with Gasteiger partial charge in [0.25, 0.3) is 0 Å². The summed E-state index contributed by atoms with van der Waals surface area (Å²) in [6.45, 7) is 3.73. The molecule has 1 aliphatic heterocycles. The van der Waals surface area contributed by atoms with Crippen molar-refractivity contribution >= 4 is 23.5 Å². The Balaban J connectivity index is 2.05. The topological polar surface area (TPSA) is 65.0 Å². The van der Waals surface area contributed by atoms with E-state index in [1.807, 2.05) is 12.1 Å². The molecule has 0 amide bonds. The van der Waals surface area contributed by atoms with Crippen LogP contribution >= 0.6 is 0 Å². The van der Waals surface area contributed by atoms with Gasteiger partial charge in [-0.2, -0.15) is 0 Å². The SMILES string of the molecule is CC(=O)O/N=C1\CCOc2c(ccc3c2C=CCC3C)C1=O. The van der Waals surface area contributed by atoms with Crippen molar-refractivity contribution in [1.29, 1.82) is 0 Å². The van der Waals surface area contributed by atoms with Crippen LogP contribution < -0.4 is 4.74 Å². The third-order valence-corrected chi connectivity index (χ3v) is 3.91. The smallest absolute Gasteiger partial charge is 0.331 e. The number of carbonyl (C=O) groups is 2. The molecule has 5 heteroatoms. The van der Waals surface area contributed by atoms with Gasteiger partial charge in [0.2, 0.25) is 5.78 Å². The lowest BCUT2D eigenvalue weighted by atomic mass is 9.86. The van der Waals surface area contributed by atoms with E-state index in [4.69, 9.17) is 4.74 Å². The summed E-state index contributed by atoms with van der Waals surface area (Å²) in [5.74, 6) is 0.218. The number of hydrogen-bond donors (Lipinski definition) is 0. The van der Waals surface area contributed by atoms with Gasteiger partial charge in [0.05, 0.1) is 12.2 Å². The van der Waals surface area contributed by atoms with Crippen molar-refractivity contribution in [2.24, 2.45) is 5.16 Å². The molecule has 0 aromatic heterocycles. The van der Waals surface area contributed by atoms with E-state index in [1.54, 1.807) is 6.07 Å². The Bertz CT molecular complexity index is 703. The second-order valence-electron chi connectivity index (χ2n) is 5.53. The zero-order valence-electron chi connectivity index (χ0n) is 12.6. The molecule has 1 aliphatic carbocycles. The Kier molecular flexibility index (Phi) is 3.79. The lowest BCUT2D eigenvalue weighted by Crippen LogP contribution is -2.15. The van der Waals surface area contributed by atoms with Crippen LogP contribution in [0.25, 0.3) is 6.08 Å². The number of nitrogens with zero attached hydrogens (tertiary/aromatic N) is 1. The van der Waals surface area contributed by atoms with E-state index in [1.165, 1.54) is 12.5 Å². The van der Waals surface area contributed by atoms with Crippen molar-refractivity contribution in [2.75, 3.05) is 6.61 Å². The summed E-state index contributed by atoms with van der Waals surface area (Å²) in [7, 11) is 0. The van der Waals surface area contributed by atoms with E-state index in [0.717, 1.165) is 12.0 Å². The highest BCUT2D eigenvalue weighted by Gasteiger charge is 2.28. The average molecular weight is 299 g/mol. The van der Waals surface area contributed by atoms with Crippen LogP contribution in [0.2, 0.25) is 0 Å². The Hall–Kier alpha value is -2.43. The number of rotatable bonds is 1. The Labute approximate surface area is 128 Å². The van der Waals surface area contributed by atoms with Gasteiger partial charge in [-0.1, -0.05) is 30.3 Å². The Morgan fingerprint density at radius 1 is 1.41 bits per heavy atom. The summed E-state index contributed by atoms with van der Waals surface area (Å²) < 4.78 is 5.81. The van der Waals surface area contributed by atoms with Gasteiger partial charge in [0.1, 0.15) is 11.5 Å². The molecule has 1 atom stereocenters. The number of oxime groups is 1. The molecule has 5 nitrogen and oxygen atoms in total. The van der Waals surface area contributed by atoms with Gasteiger partial charge >= 0.3 is 5.97 Å². The first-order valence-corrected chi connectivity index (χ1v) is 7.33. The molecule has 3 rings (SSSR count). The average Bonchev–Trinajstić information content (AvgIpc) is 2.65. The van der Waals surface area contributed by atoms with Gasteiger partial charge < -0.3 is 9.57 Å². The molecule has 22 heavy (non-hydrogen) atoms. The van der Waals surface area contributed by atoms with Crippen LogP contribution in [-0.2, 0) is 9.63 Å². The van der Waals surface area contributed by atoms with E-state index in [9.17, 15) is 9.59 Å². The fourth-order valence-corrected chi connectivity index (χ4v) is 2.79. The zero-order valence-corrected chi connectivity index (χ0v) is 12.6. The first-order chi connectivity index (χ1) is 10.6. The second-order valence-corrected chi connectivity index (χ2v) is 5.53. The molecule has 1 aromatic carbocycles. The minimum Gasteiger partial charge on any atom is -0.492 e. The quantitative estimate of drug-likeness (QED) is 0.590. The highest BCUT2D eigenvalue weighted by molar-refractivity contribution is 6.46. The number of Topliss-reactive ketones (excluding diaryl/α,β-unsaturated/α-hetero) is 1. The standard InChI is InChI=1S/C17H17NO4/c1-10-4-3-5-13-12(10)6-7-14-16(20)15(18-22-11(2)19)8-9-21-17(13)14/h3,5-7,10H,4,8-9H2,1-2H3/b18-15+. The van der Waals surface area contributed by atoms with Gasteiger partial charge in [-0.3, -0.25) is 4.79 Å². The maximum Gasteiger partial charge on any atom is 0.331 e. The van der Waals surface area contributed by atoms with Gasteiger partial charge in [-0.25, -0.2) is 4.79 Å². The van der Waals surface area contributed by atoms with Crippen molar-refractivity contribution < 1.29 is 19.2 Å². The number of carbonyl (C=O) groups excluding carboxylic acids is 2. The highest BCUT2D eigenvalue weighted by Crippen LogP contribution is 2.38. The summed E-state index contributed by atoms with van der Waals surface area (Å²) in [6.07, 6.45) is 5.41. The fraction of sp³-hybridized carbons (Fsp3) is 0.353. The lowest BCUT2D eigenvalue weighted by Gasteiger charge is -2.21. The molecule has 0 saturated carbocycles. The summed E-state index contributed by atoms with van der Waals surface area (Å²) >= 11 is 0. The molecule has 0 N–H and O–H groups in total. The first-order valence-electron chi connectivity index (χ1n) is 7.33. The van der Waals surface area contributed by atoms with Crippen molar-refractivity contribution in [3.05, 3.63) is 34.9 Å². The number of fused-ring (bicyclic) bond motifs is 3. The van der Waals surface area contributed by atoms with E-state index >= 15 is 0 Å². The largest absolute Gasteiger partial charge is 0.492 e. The van der Waals surface area contributed by atoms with Gasteiger partial charge in [-0.05, 0) is 24.0 Å². The van der Waals surface area contributed by atoms with Crippen LogP contribution in [0, 0.1) is 0 Å². The third kappa shape index (κ3) is 2.54. The number of hydrogen-bond acceptors (Lipinski definition) is 5. The number of benzene rings is 1. The van der Waals surface area contributed by atoms with Crippen LogP contribution in [0.3, 0.4) is 0 Å². The molecular weight excluding hydrogens is 282 g/mol. The van der Waals surface area contributed by atoms with Crippen LogP contribution in [0.5, 0.6) is 5.75 Å². The van der Waals surface area contributed by atoms with Crippen LogP contribution in [-0.4, -0.2) is 24.1 Å². The number of ether oxygens (including phenoxy) is 1. The van der Waals surface area contributed by atoms with Crippen molar-refractivity contribution in [2.45, 2.75) is 32.6 Å². The molecule has 2 aliphatic rings. The maximum absolute atomic E-state index is 12.6. The van der Waals surface area contributed by atoms with Crippen LogP contribution in [0.4, 0.5) is 0 Å². The monoisotopic (exact) mass is 299 g/mol. The molecule has 114 valence electrons. The molecule has 1 heterocycles. The van der Waals surface area contributed by atoms with Gasteiger partial charge in [0.15, 0.2) is 0 Å². The third-order valence-electron chi connectivity index (χ3n) is 3.91. The number of allylic oxidation sites excluding steroid dienone is 1. The molecule has 0 bridgehead atoms. The molecule has 0 saturated heterocycles. The molecule has 1 aromatic rings. The summed E-state index contributed by atoms with van der Waals surface area (Å²) in [6, 6.07) is 3.75. The van der Waals surface area contributed by atoms with Gasteiger partial charge in [0, 0.05) is 18.9 Å². The van der Waals surface area contributed by atoms with Crippen LogP contribution in [0.1, 0.15) is 54.1 Å². The fourth-order valence-electron chi connectivity index (χ4n) is 2.79. The van der Waals surface area contributed by atoms with Crippen LogP contribution in [0.15, 0.2) is 23.4 Å². The summed E-state index contributed by atoms with van der Waals surface area (Å²) in [4.78, 5) is 28.1. The minimum absolute atomic E-state index is 0.210. The molecule has 1 unspecified atom stereocenters. The first kappa shape index (κ1) is 14.5. The summed E-state index contributed by atoms with van der Waals surface area (Å²) in [5.41, 5.74) is 2.84. The Morgan fingerprint density at radius 3 is 3.00 bits per heavy atom. The van der Waals surface area contributed by atoms with E-state index in [2.05, 4.69) is 23.0 Å². The molecule has 0 spiro atoms. The molecular formula is C17H17NO4. The molecule has 0 radical (unpaired) electrons. The zero-order chi connectivity index (χ0) is 15.7. The van der Waals surface area contributed by atoms with Crippen molar-refractivity contribution in [3.8, 4) is 5.75 Å². The minimum atomic E-state index is -0.548. The predicted octanol–water partition coefficient (Wildman–Crippen LogP) is 3.09. The van der Waals surface area contributed by atoms with E-state index in [-0.39, 0.29) is 11.5 Å². The number of ketones is 1. The highest BCUT2D eigenvalue weighted by atomic mass is 16.7.